The maximum atomic E-state index is 9.68. The molecule has 96 valence electrons. The van der Waals surface area contributed by atoms with Crippen LogP contribution in [0.4, 0.5) is 5.69 Å². The van der Waals surface area contributed by atoms with E-state index in [0.29, 0.717) is 5.56 Å². The molecule has 0 heterocycles. The van der Waals surface area contributed by atoms with Crippen molar-refractivity contribution >= 4 is 5.69 Å². The first-order valence-electron chi connectivity index (χ1n) is 6.57. The van der Waals surface area contributed by atoms with Crippen molar-refractivity contribution in [1.29, 1.82) is 5.26 Å². The molecule has 0 saturated heterocycles. The molecule has 18 heavy (non-hydrogen) atoms. The van der Waals surface area contributed by atoms with Gasteiger partial charge in [-0.3, -0.25) is 0 Å². The average molecular weight is 244 g/mol. The van der Waals surface area contributed by atoms with Gasteiger partial charge in [-0.15, -0.1) is 0 Å². The predicted octanol–water partition coefficient (Wildman–Crippen LogP) is 2.91. The van der Waals surface area contributed by atoms with Crippen LogP contribution in [0.15, 0.2) is 24.3 Å². The van der Waals surface area contributed by atoms with Gasteiger partial charge in [-0.2, -0.15) is 5.26 Å². The van der Waals surface area contributed by atoms with Gasteiger partial charge >= 0.3 is 0 Å². The minimum atomic E-state index is -0.180. The number of aliphatic hydroxyl groups is 1. The fraction of sp³-hybridized carbons (Fsp3) is 0.533. The fourth-order valence-electron chi connectivity index (χ4n) is 2.57. The van der Waals surface area contributed by atoms with E-state index >= 15 is 0 Å². The van der Waals surface area contributed by atoms with Crippen LogP contribution < -0.4 is 5.32 Å². The van der Waals surface area contributed by atoms with E-state index in [0.717, 1.165) is 37.3 Å². The van der Waals surface area contributed by atoms with Crippen molar-refractivity contribution in [2.45, 2.75) is 38.1 Å². The topological polar surface area (TPSA) is 56.0 Å². The van der Waals surface area contributed by atoms with Crippen LogP contribution in [0.5, 0.6) is 0 Å². The number of rotatable bonds is 3. The SMILES string of the molecule is CC1CCC(CO)(Nc2ccc(C#N)cc2)CC1. The monoisotopic (exact) mass is 244 g/mol. The first kappa shape index (κ1) is 12.9. The lowest BCUT2D eigenvalue weighted by atomic mass is 9.77. The van der Waals surface area contributed by atoms with Gasteiger partial charge in [0.25, 0.3) is 0 Å². The summed E-state index contributed by atoms with van der Waals surface area (Å²) in [5.74, 6) is 0.757. The summed E-state index contributed by atoms with van der Waals surface area (Å²) < 4.78 is 0. The van der Waals surface area contributed by atoms with Crippen molar-refractivity contribution in [2.75, 3.05) is 11.9 Å². The van der Waals surface area contributed by atoms with Crippen molar-refractivity contribution < 1.29 is 5.11 Å². The third-order valence-corrected chi connectivity index (χ3v) is 3.96. The zero-order chi connectivity index (χ0) is 13.0. The molecule has 1 fully saturated rings. The van der Waals surface area contributed by atoms with Crippen molar-refractivity contribution in [3.05, 3.63) is 29.8 Å². The van der Waals surface area contributed by atoms with Gasteiger partial charge in [0, 0.05) is 5.69 Å². The van der Waals surface area contributed by atoms with Gasteiger partial charge in [-0.1, -0.05) is 6.92 Å². The molecule has 1 aliphatic rings. The van der Waals surface area contributed by atoms with E-state index < -0.39 is 0 Å². The third kappa shape index (κ3) is 2.83. The van der Waals surface area contributed by atoms with Crippen molar-refractivity contribution in [3.63, 3.8) is 0 Å². The molecule has 0 unspecified atom stereocenters. The summed E-state index contributed by atoms with van der Waals surface area (Å²) in [4.78, 5) is 0. The highest BCUT2D eigenvalue weighted by Crippen LogP contribution is 2.34. The van der Waals surface area contributed by atoms with Crippen LogP contribution in [0.1, 0.15) is 38.2 Å². The maximum absolute atomic E-state index is 9.68. The zero-order valence-electron chi connectivity index (χ0n) is 10.8. The van der Waals surface area contributed by atoms with Gasteiger partial charge in [0.1, 0.15) is 0 Å². The maximum Gasteiger partial charge on any atom is 0.0991 e. The zero-order valence-corrected chi connectivity index (χ0v) is 10.8. The van der Waals surface area contributed by atoms with Crippen LogP contribution in [-0.2, 0) is 0 Å². The van der Waals surface area contributed by atoms with Crippen molar-refractivity contribution in [1.82, 2.24) is 0 Å². The van der Waals surface area contributed by atoms with Crippen LogP contribution in [0.25, 0.3) is 0 Å². The van der Waals surface area contributed by atoms with Crippen LogP contribution in [-0.4, -0.2) is 17.3 Å². The summed E-state index contributed by atoms with van der Waals surface area (Å²) in [6, 6.07) is 9.54. The Hall–Kier alpha value is -1.53. The minimum Gasteiger partial charge on any atom is -0.394 e. The fourth-order valence-corrected chi connectivity index (χ4v) is 2.57. The number of benzene rings is 1. The van der Waals surface area contributed by atoms with Gasteiger partial charge < -0.3 is 10.4 Å². The number of nitrogens with zero attached hydrogens (tertiary/aromatic N) is 1. The molecular formula is C15H20N2O. The second-order valence-electron chi connectivity index (χ2n) is 5.44. The molecule has 0 aliphatic heterocycles. The highest BCUT2D eigenvalue weighted by molar-refractivity contribution is 5.49. The number of hydrogen-bond acceptors (Lipinski definition) is 3. The van der Waals surface area contributed by atoms with Crippen molar-refractivity contribution in [2.24, 2.45) is 5.92 Å². The molecule has 0 amide bonds. The van der Waals surface area contributed by atoms with E-state index in [9.17, 15) is 5.11 Å². The number of aliphatic hydroxyl groups excluding tert-OH is 1. The molecule has 0 bridgehead atoms. The second-order valence-corrected chi connectivity index (χ2v) is 5.44. The first-order valence-corrected chi connectivity index (χ1v) is 6.57. The smallest absolute Gasteiger partial charge is 0.0991 e. The van der Waals surface area contributed by atoms with Crippen molar-refractivity contribution in [3.8, 4) is 6.07 Å². The standard InChI is InChI=1S/C15H20N2O/c1-12-6-8-15(11-18,9-7-12)17-14-4-2-13(10-16)3-5-14/h2-5,12,17-18H,6-9,11H2,1H3. The summed E-state index contributed by atoms with van der Waals surface area (Å²) >= 11 is 0. The highest BCUT2D eigenvalue weighted by Gasteiger charge is 2.33. The minimum absolute atomic E-state index is 0.166. The normalized spacial score (nSPS) is 27.5. The van der Waals surface area contributed by atoms with E-state index in [1.165, 1.54) is 0 Å². The van der Waals surface area contributed by atoms with Gasteiger partial charge in [0.05, 0.1) is 23.8 Å². The summed E-state index contributed by atoms with van der Waals surface area (Å²) in [5, 5.41) is 21.9. The lowest BCUT2D eigenvalue weighted by molar-refractivity contribution is 0.155. The molecule has 3 nitrogen and oxygen atoms in total. The molecule has 2 rings (SSSR count). The van der Waals surface area contributed by atoms with E-state index in [2.05, 4.69) is 18.3 Å². The Labute approximate surface area is 108 Å². The lowest BCUT2D eigenvalue weighted by Gasteiger charge is -2.39. The molecule has 1 aliphatic carbocycles. The third-order valence-electron chi connectivity index (χ3n) is 3.96. The van der Waals surface area contributed by atoms with E-state index in [1.807, 2.05) is 12.1 Å². The number of hydrogen-bond donors (Lipinski definition) is 2. The molecule has 0 aromatic heterocycles. The molecule has 2 N–H and O–H groups in total. The Balaban J connectivity index is 2.08. The molecule has 1 aromatic rings. The molecule has 1 saturated carbocycles. The van der Waals surface area contributed by atoms with Crippen LogP contribution in [0.3, 0.4) is 0 Å². The number of anilines is 1. The Morgan fingerprint density at radius 1 is 1.33 bits per heavy atom. The molecule has 3 heteroatoms. The number of nitrogens with one attached hydrogen (secondary N) is 1. The Kier molecular flexibility index (Phi) is 3.88. The van der Waals surface area contributed by atoms with E-state index in [1.54, 1.807) is 12.1 Å². The van der Waals surface area contributed by atoms with E-state index in [4.69, 9.17) is 5.26 Å². The highest BCUT2D eigenvalue weighted by atomic mass is 16.3. The van der Waals surface area contributed by atoms with Gasteiger partial charge in [-0.05, 0) is 55.9 Å². The molecule has 0 atom stereocenters. The largest absolute Gasteiger partial charge is 0.394 e. The first-order chi connectivity index (χ1) is 8.67. The average Bonchev–Trinajstić information content (AvgIpc) is 2.43. The Morgan fingerprint density at radius 2 is 1.94 bits per heavy atom. The Morgan fingerprint density at radius 3 is 2.44 bits per heavy atom. The quantitative estimate of drug-likeness (QED) is 0.859. The molecular weight excluding hydrogens is 224 g/mol. The van der Waals surface area contributed by atoms with Gasteiger partial charge in [0.15, 0.2) is 0 Å². The molecule has 1 aromatic carbocycles. The van der Waals surface area contributed by atoms with E-state index in [-0.39, 0.29) is 12.1 Å². The lowest BCUT2D eigenvalue weighted by Crippen LogP contribution is -2.45. The number of nitriles is 1. The van der Waals surface area contributed by atoms with Crippen LogP contribution in [0.2, 0.25) is 0 Å². The van der Waals surface area contributed by atoms with Gasteiger partial charge in [-0.25, -0.2) is 0 Å². The van der Waals surface area contributed by atoms with Gasteiger partial charge in [0.2, 0.25) is 0 Å². The Bertz CT molecular complexity index is 425. The van der Waals surface area contributed by atoms with Crippen LogP contribution >= 0.6 is 0 Å². The summed E-state index contributed by atoms with van der Waals surface area (Å²) in [5.41, 5.74) is 1.47. The molecule has 0 spiro atoms. The summed E-state index contributed by atoms with van der Waals surface area (Å²) in [6.45, 7) is 2.43. The molecule has 0 radical (unpaired) electrons. The predicted molar refractivity (Wildman–Crippen MR) is 72.2 cm³/mol. The summed E-state index contributed by atoms with van der Waals surface area (Å²) in [6.07, 6.45) is 4.32. The summed E-state index contributed by atoms with van der Waals surface area (Å²) in [7, 11) is 0. The van der Waals surface area contributed by atoms with Crippen LogP contribution in [0, 0.1) is 17.2 Å². The second kappa shape index (κ2) is 5.41.